The first kappa shape index (κ1) is 19.0. The van der Waals surface area contributed by atoms with Crippen molar-refractivity contribution in [2.45, 2.75) is 23.4 Å². The topological polar surface area (TPSA) is 72.2 Å². The number of sulfone groups is 1. The maximum Gasteiger partial charge on any atom is 0.234 e. The second kappa shape index (κ2) is 7.93. The number of rotatable bonds is 6. The maximum atomic E-state index is 13.2. The monoisotopic (exact) mass is 404 g/mol. The van der Waals surface area contributed by atoms with Crippen molar-refractivity contribution in [1.29, 1.82) is 0 Å². The molecule has 5 nitrogen and oxygen atoms in total. The second-order valence-electron chi connectivity index (χ2n) is 6.62. The van der Waals surface area contributed by atoms with Crippen LogP contribution in [-0.4, -0.2) is 13.4 Å². The van der Waals surface area contributed by atoms with Crippen LogP contribution < -0.4 is 5.32 Å². The minimum absolute atomic E-state index is 0.113. The van der Waals surface area contributed by atoms with E-state index < -0.39 is 9.84 Å². The third-order valence-electron chi connectivity index (χ3n) is 4.58. The molecule has 0 radical (unpaired) electrons. The molecule has 0 saturated heterocycles. The second-order valence-corrected chi connectivity index (χ2v) is 8.49. The van der Waals surface area contributed by atoms with E-state index in [1.807, 2.05) is 61.5 Å². The highest BCUT2D eigenvalue weighted by molar-refractivity contribution is 7.91. The summed E-state index contributed by atoms with van der Waals surface area (Å²) in [5.74, 6) is 0.407. The minimum atomic E-state index is -3.84. The summed E-state index contributed by atoms with van der Waals surface area (Å²) in [6.07, 6.45) is 0. The van der Waals surface area contributed by atoms with E-state index in [-0.39, 0.29) is 21.7 Å². The summed E-state index contributed by atoms with van der Waals surface area (Å²) in [4.78, 5) is 4.56. The van der Waals surface area contributed by atoms with Gasteiger partial charge in [0.15, 0.2) is 0 Å². The summed E-state index contributed by atoms with van der Waals surface area (Å²) < 4.78 is 32.4. The lowest BCUT2D eigenvalue weighted by atomic mass is 10.1. The van der Waals surface area contributed by atoms with Crippen LogP contribution >= 0.6 is 0 Å². The van der Waals surface area contributed by atoms with Crippen LogP contribution in [0.3, 0.4) is 0 Å². The normalized spacial score (nSPS) is 11.3. The number of benzene rings is 3. The van der Waals surface area contributed by atoms with Gasteiger partial charge in [0, 0.05) is 12.1 Å². The van der Waals surface area contributed by atoms with E-state index in [2.05, 4.69) is 10.3 Å². The average Bonchev–Trinajstić information content (AvgIpc) is 3.19. The Morgan fingerprint density at radius 2 is 1.48 bits per heavy atom. The fourth-order valence-corrected chi connectivity index (χ4v) is 4.32. The van der Waals surface area contributed by atoms with Crippen LogP contribution in [0.5, 0.6) is 0 Å². The lowest BCUT2D eigenvalue weighted by Gasteiger charge is -2.06. The van der Waals surface area contributed by atoms with Crippen LogP contribution in [0.25, 0.3) is 11.5 Å². The molecule has 0 atom stereocenters. The highest BCUT2D eigenvalue weighted by atomic mass is 32.2. The lowest BCUT2D eigenvalue weighted by Crippen LogP contribution is -2.07. The molecular weight excluding hydrogens is 384 g/mol. The van der Waals surface area contributed by atoms with E-state index in [9.17, 15) is 8.42 Å². The van der Waals surface area contributed by atoms with Crippen molar-refractivity contribution in [3.8, 4) is 11.5 Å². The van der Waals surface area contributed by atoms with Gasteiger partial charge in [-0.1, -0.05) is 66.7 Å². The van der Waals surface area contributed by atoms with Gasteiger partial charge in [0.05, 0.1) is 4.90 Å². The van der Waals surface area contributed by atoms with Gasteiger partial charge in [-0.2, -0.15) is 4.98 Å². The first-order chi connectivity index (χ1) is 14.1. The van der Waals surface area contributed by atoms with Gasteiger partial charge in [-0.05, 0) is 36.2 Å². The smallest absolute Gasteiger partial charge is 0.234 e. The summed E-state index contributed by atoms with van der Waals surface area (Å²) in [5.41, 5.74) is 2.71. The molecule has 4 aromatic rings. The van der Waals surface area contributed by atoms with Crippen molar-refractivity contribution in [2.75, 3.05) is 5.32 Å². The first-order valence-corrected chi connectivity index (χ1v) is 10.7. The van der Waals surface area contributed by atoms with E-state index in [0.29, 0.717) is 6.54 Å². The van der Waals surface area contributed by atoms with E-state index in [0.717, 1.165) is 16.7 Å². The highest BCUT2D eigenvalue weighted by Gasteiger charge is 2.28. The van der Waals surface area contributed by atoms with Crippen molar-refractivity contribution >= 4 is 15.7 Å². The number of aromatic nitrogens is 1. The molecule has 0 aliphatic rings. The average molecular weight is 404 g/mol. The van der Waals surface area contributed by atoms with Gasteiger partial charge in [0.2, 0.25) is 26.6 Å². The molecule has 0 unspecified atom stereocenters. The van der Waals surface area contributed by atoms with Crippen molar-refractivity contribution < 1.29 is 12.8 Å². The Morgan fingerprint density at radius 3 is 2.17 bits per heavy atom. The standard InChI is InChI=1S/C23H20N2O3S/c1-17-10-8-9-15-20(17)21-25-23(29(26,27)19-13-6-3-7-14-19)22(28-21)24-16-18-11-4-2-5-12-18/h2-15,24H,16H2,1H3. The fourth-order valence-electron chi connectivity index (χ4n) is 3.02. The van der Waals surface area contributed by atoms with Gasteiger partial charge in [-0.15, -0.1) is 0 Å². The SMILES string of the molecule is Cc1ccccc1-c1nc(S(=O)(=O)c2ccccc2)c(NCc2ccccc2)o1. The maximum absolute atomic E-state index is 13.2. The molecule has 1 aromatic heterocycles. The molecule has 1 N–H and O–H groups in total. The van der Waals surface area contributed by atoms with E-state index in [1.54, 1.807) is 30.3 Å². The Hall–Kier alpha value is -3.38. The highest BCUT2D eigenvalue weighted by Crippen LogP contribution is 2.33. The third kappa shape index (κ3) is 3.93. The predicted molar refractivity (Wildman–Crippen MR) is 112 cm³/mol. The summed E-state index contributed by atoms with van der Waals surface area (Å²) >= 11 is 0. The number of aryl methyl sites for hydroxylation is 1. The molecular formula is C23H20N2O3S. The predicted octanol–water partition coefficient (Wildman–Crippen LogP) is 5.09. The first-order valence-electron chi connectivity index (χ1n) is 9.20. The van der Waals surface area contributed by atoms with Crippen LogP contribution in [0.2, 0.25) is 0 Å². The molecule has 0 fully saturated rings. The molecule has 0 saturated carbocycles. The van der Waals surface area contributed by atoms with Gasteiger partial charge < -0.3 is 9.73 Å². The summed E-state index contributed by atoms with van der Waals surface area (Å²) in [6.45, 7) is 2.35. The van der Waals surface area contributed by atoms with Crippen molar-refractivity contribution in [3.63, 3.8) is 0 Å². The van der Waals surface area contributed by atoms with Crippen LogP contribution in [0.15, 0.2) is 99.3 Å². The Labute approximate surface area is 170 Å². The van der Waals surface area contributed by atoms with E-state index in [1.165, 1.54) is 0 Å². The van der Waals surface area contributed by atoms with Gasteiger partial charge in [0.1, 0.15) is 0 Å². The zero-order valence-electron chi connectivity index (χ0n) is 15.9. The Morgan fingerprint density at radius 1 is 0.862 bits per heavy atom. The third-order valence-corrected chi connectivity index (χ3v) is 6.25. The fraction of sp³-hybridized carbons (Fsp3) is 0.0870. The molecule has 29 heavy (non-hydrogen) atoms. The van der Waals surface area contributed by atoms with Gasteiger partial charge in [0.25, 0.3) is 0 Å². The molecule has 0 aliphatic heterocycles. The quantitative estimate of drug-likeness (QED) is 0.484. The molecule has 0 spiro atoms. The molecule has 1 heterocycles. The van der Waals surface area contributed by atoms with Crippen LogP contribution in [0.4, 0.5) is 5.88 Å². The van der Waals surface area contributed by atoms with Gasteiger partial charge in [-0.3, -0.25) is 0 Å². The van der Waals surface area contributed by atoms with Crippen LogP contribution in [-0.2, 0) is 16.4 Å². The Bertz CT molecular complexity index is 1220. The molecule has 0 bridgehead atoms. The minimum Gasteiger partial charge on any atom is -0.419 e. The lowest BCUT2D eigenvalue weighted by molar-refractivity contribution is 0.576. The Balaban J connectivity index is 1.79. The van der Waals surface area contributed by atoms with Crippen LogP contribution in [0.1, 0.15) is 11.1 Å². The van der Waals surface area contributed by atoms with E-state index in [4.69, 9.17) is 4.42 Å². The van der Waals surface area contributed by atoms with Crippen LogP contribution in [0, 0.1) is 6.92 Å². The number of hydrogen-bond acceptors (Lipinski definition) is 5. The van der Waals surface area contributed by atoms with E-state index >= 15 is 0 Å². The number of nitrogens with zero attached hydrogens (tertiary/aromatic N) is 1. The summed E-state index contributed by atoms with van der Waals surface area (Å²) in [5, 5.41) is 2.99. The molecule has 0 amide bonds. The number of oxazole rings is 1. The number of hydrogen-bond donors (Lipinski definition) is 1. The molecule has 0 aliphatic carbocycles. The van der Waals surface area contributed by atoms with Crippen molar-refractivity contribution in [2.24, 2.45) is 0 Å². The largest absolute Gasteiger partial charge is 0.419 e. The summed E-state index contributed by atoms with van der Waals surface area (Å²) in [6, 6.07) is 25.5. The molecule has 4 rings (SSSR count). The van der Waals surface area contributed by atoms with Crippen molar-refractivity contribution in [1.82, 2.24) is 4.98 Å². The zero-order chi connectivity index (χ0) is 20.3. The Kier molecular flexibility index (Phi) is 5.18. The van der Waals surface area contributed by atoms with Gasteiger partial charge >= 0.3 is 0 Å². The van der Waals surface area contributed by atoms with Crippen molar-refractivity contribution in [3.05, 3.63) is 96.1 Å². The molecule has 146 valence electrons. The molecule has 6 heteroatoms. The van der Waals surface area contributed by atoms with Gasteiger partial charge in [-0.25, -0.2) is 8.42 Å². The number of nitrogens with one attached hydrogen (secondary N) is 1. The molecule has 3 aromatic carbocycles. The summed E-state index contributed by atoms with van der Waals surface area (Å²) in [7, 11) is -3.84. The number of anilines is 1. The zero-order valence-corrected chi connectivity index (χ0v) is 16.7.